The number of hydrogen-bond acceptors (Lipinski definition) is 4. The van der Waals surface area contributed by atoms with Gasteiger partial charge in [-0.1, -0.05) is 39.4 Å². The van der Waals surface area contributed by atoms with E-state index in [4.69, 9.17) is 0 Å². The predicted octanol–water partition coefficient (Wildman–Crippen LogP) is 3.27. The van der Waals surface area contributed by atoms with Crippen LogP contribution in [0.5, 0.6) is 0 Å². The van der Waals surface area contributed by atoms with Gasteiger partial charge < -0.3 is 0 Å². The summed E-state index contributed by atoms with van der Waals surface area (Å²) in [6.45, 7) is 0. The molecule has 2 aromatic heterocycles. The molecule has 0 fully saturated rings. The zero-order valence-corrected chi connectivity index (χ0v) is 14.5. The fourth-order valence-electron chi connectivity index (χ4n) is 2.30. The van der Waals surface area contributed by atoms with Crippen LogP contribution in [0.4, 0.5) is 4.39 Å². The van der Waals surface area contributed by atoms with Crippen molar-refractivity contribution >= 4 is 38.3 Å². The molecule has 2 aromatic carbocycles. The molecule has 0 amide bonds. The predicted molar refractivity (Wildman–Crippen MR) is 95.5 cm³/mol. The molecule has 0 radical (unpaired) electrons. The first-order chi connectivity index (χ1) is 11.6. The van der Waals surface area contributed by atoms with E-state index in [2.05, 4.69) is 26.0 Å². The van der Waals surface area contributed by atoms with Crippen molar-refractivity contribution in [3.8, 4) is 11.4 Å². The Bertz CT molecular complexity index is 1150. The van der Waals surface area contributed by atoms with Crippen molar-refractivity contribution in [2.75, 3.05) is 0 Å². The maximum atomic E-state index is 13.0. The molecule has 4 nitrogen and oxygen atoms in total. The summed E-state index contributed by atoms with van der Waals surface area (Å²) in [5.74, 6) is 0.0857. The maximum Gasteiger partial charge on any atom is 0.291 e. The van der Waals surface area contributed by atoms with Crippen LogP contribution in [0.2, 0.25) is 0 Å². The third-order valence-electron chi connectivity index (χ3n) is 3.43. The number of halogens is 2. The van der Waals surface area contributed by atoms with E-state index in [1.54, 1.807) is 12.1 Å². The highest BCUT2D eigenvalue weighted by Crippen LogP contribution is 2.17. The summed E-state index contributed by atoms with van der Waals surface area (Å²) >= 11 is 4.69. The van der Waals surface area contributed by atoms with Crippen molar-refractivity contribution in [2.24, 2.45) is 0 Å². The standard InChI is InChI=1S/C17H9BrFN3OS/c18-12-3-1-2-10(8-12)9-14-16(23)22-17(24-14)20-15(21-22)11-4-6-13(19)7-5-11/h1-9H/b14-9+. The number of nitrogens with zero attached hydrogens (tertiary/aromatic N) is 3. The summed E-state index contributed by atoms with van der Waals surface area (Å²) in [7, 11) is 0. The van der Waals surface area contributed by atoms with Crippen LogP contribution in [0.15, 0.2) is 57.8 Å². The Morgan fingerprint density at radius 3 is 2.67 bits per heavy atom. The minimum Gasteiger partial charge on any atom is -0.266 e. The molecule has 4 rings (SSSR count). The van der Waals surface area contributed by atoms with Crippen molar-refractivity contribution in [1.82, 2.24) is 14.6 Å². The summed E-state index contributed by atoms with van der Waals surface area (Å²) in [5, 5.41) is 4.24. The van der Waals surface area contributed by atoms with Crippen molar-refractivity contribution in [1.29, 1.82) is 0 Å². The van der Waals surface area contributed by atoms with E-state index < -0.39 is 0 Å². The second-order valence-electron chi connectivity index (χ2n) is 5.11. The normalized spacial score (nSPS) is 12.2. The summed E-state index contributed by atoms with van der Waals surface area (Å²) < 4.78 is 15.8. The Hall–Kier alpha value is -2.38. The minimum absolute atomic E-state index is 0.212. The van der Waals surface area contributed by atoms with E-state index in [-0.39, 0.29) is 11.4 Å². The van der Waals surface area contributed by atoms with Crippen LogP contribution in [-0.4, -0.2) is 14.6 Å². The second kappa shape index (κ2) is 5.92. The molecule has 0 aliphatic heterocycles. The molecule has 4 aromatic rings. The maximum absolute atomic E-state index is 13.0. The molecule has 2 heterocycles. The van der Waals surface area contributed by atoms with Gasteiger partial charge in [-0.25, -0.2) is 4.39 Å². The number of thiazole rings is 1. The minimum atomic E-state index is -0.324. The highest BCUT2D eigenvalue weighted by molar-refractivity contribution is 9.10. The average Bonchev–Trinajstić information content (AvgIpc) is 3.09. The fraction of sp³-hybridized carbons (Fsp3) is 0. The summed E-state index contributed by atoms with van der Waals surface area (Å²) in [5.41, 5.74) is 1.38. The van der Waals surface area contributed by atoms with Crippen LogP contribution in [0.3, 0.4) is 0 Å². The largest absolute Gasteiger partial charge is 0.291 e. The van der Waals surface area contributed by atoms with Gasteiger partial charge in [-0.2, -0.15) is 9.50 Å². The Morgan fingerprint density at radius 2 is 1.96 bits per heavy atom. The Labute approximate surface area is 148 Å². The molecule has 0 aliphatic carbocycles. The van der Waals surface area contributed by atoms with E-state index in [9.17, 15) is 9.18 Å². The lowest BCUT2D eigenvalue weighted by Gasteiger charge is -1.93. The molecule has 0 saturated heterocycles. The Balaban J connectivity index is 1.81. The van der Waals surface area contributed by atoms with Gasteiger partial charge in [0.1, 0.15) is 5.82 Å². The van der Waals surface area contributed by atoms with Gasteiger partial charge in [-0.15, -0.1) is 5.10 Å². The number of fused-ring (bicyclic) bond motifs is 1. The molecule has 0 atom stereocenters. The van der Waals surface area contributed by atoms with Crippen LogP contribution in [0, 0.1) is 5.82 Å². The molecule has 24 heavy (non-hydrogen) atoms. The van der Waals surface area contributed by atoms with Gasteiger partial charge in [-0.05, 0) is 48.0 Å². The Kier molecular flexibility index (Phi) is 3.74. The van der Waals surface area contributed by atoms with E-state index in [0.717, 1.165) is 10.0 Å². The van der Waals surface area contributed by atoms with Gasteiger partial charge in [-0.3, -0.25) is 4.79 Å². The van der Waals surface area contributed by atoms with E-state index >= 15 is 0 Å². The zero-order valence-electron chi connectivity index (χ0n) is 12.1. The number of aromatic nitrogens is 3. The van der Waals surface area contributed by atoms with Crippen LogP contribution >= 0.6 is 27.3 Å². The van der Waals surface area contributed by atoms with Crippen LogP contribution < -0.4 is 10.1 Å². The lowest BCUT2D eigenvalue weighted by molar-refractivity contribution is 0.628. The molecule has 0 unspecified atom stereocenters. The van der Waals surface area contributed by atoms with Gasteiger partial charge >= 0.3 is 0 Å². The van der Waals surface area contributed by atoms with Gasteiger partial charge in [0.15, 0.2) is 5.82 Å². The van der Waals surface area contributed by atoms with Crippen LogP contribution in [0.25, 0.3) is 22.4 Å². The quantitative estimate of drug-likeness (QED) is 0.517. The lowest BCUT2D eigenvalue weighted by Crippen LogP contribution is -2.23. The molecular formula is C17H9BrFN3OS. The molecule has 118 valence electrons. The highest BCUT2D eigenvalue weighted by atomic mass is 79.9. The SMILES string of the molecule is O=c1/c(=C\c2cccc(Br)c2)sc2nc(-c3ccc(F)cc3)nn12. The molecule has 0 saturated carbocycles. The van der Waals surface area contributed by atoms with Crippen LogP contribution in [0.1, 0.15) is 5.56 Å². The van der Waals surface area contributed by atoms with Crippen molar-refractivity contribution < 1.29 is 4.39 Å². The average molecular weight is 402 g/mol. The van der Waals surface area contributed by atoms with E-state index in [1.807, 2.05) is 30.3 Å². The summed E-state index contributed by atoms with van der Waals surface area (Å²) in [6, 6.07) is 13.5. The van der Waals surface area contributed by atoms with Crippen molar-refractivity contribution in [2.45, 2.75) is 0 Å². The lowest BCUT2D eigenvalue weighted by atomic mass is 10.2. The van der Waals surface area contributed by atoms with Gasteiger partial charge in [0.05, 0.1) is 4.53 Å². The third-order valence-corrected chi connectivity index (χ3v) is 4.88. The van der Waals surface area contributed by atoms with Gasteiger partial charge in [0.25, 0.3) is 5.56 Å². The number of hydrogen-bond donors (Lipinski definition) is 0. The first-order valence-electron chi connectivity index (χ1n) is 7.03. The highest BCUT2D eigenvalue weighted by Gasteiger charge is 2.12. The topological polar surface area (TPSA) is 47.3 Å². The molecule has 0 aliphatic rings. The molecule has 0 spiro atoms. The first-order valence-corrected chi connectivity index (χ1v) is 8.64. The molecule has 7 heteroatoms. The monoisotopic (exact) mass is 401 g/mol. The molecular weight excluding hydrogens is 393 g/mol. The smallest absolute Gasteiger partial charge is 0.266 e. The summed E-state index contributed by atoms with van der Waals surface area (Å²) in [4.78, 5) is 17.4. The van der Waals surface area contributed by atoms with Crippen molar-refractivity contribution in [3.63, 3.8) is 0 Å². The van der Waals surface area contributed by atoms with E-state index in [1.165, 1.54) is 28.0 Å². The van der Waals surface area contributed by atoms with Gasteiger partial charge in [0.2, 0.25) is 4.96 Å². The molecule has 0 bridgehead atoms. The van der Waals surface area contributed by atoms with Crippen molar-refractivity contribution in [3.05, 3.63) is 79.3 Å². The van der Waals surface area contributed by atoms with Crippen LogP contribution in [-0.2, 0) is 0 Å². The Morgan fingerprint density at radius 1 is 1.17 bits per heavy atom. The third kappa shape index (κ3) is 2.76. The second-order valence-corrected chi connectivity index (χ2v) is 7.03. The van der Waals surface area contributed by atoms with E-state index in [0.29, 0.717) is 20.9 Å². The number of benzene rings is 2. The first kappa shape index (κ1) is 15.2. The fourth-order valence-corrected chi connectivity index (χ4v) is 3.63. The number of rotatable bonds is 2. The van der Waals surface area contributed by atoms with Gasteiger partial charge in [0, 0.05) is 10.0 Å². The zero-order chi connectivity index (χ0) is 16.7. The molecule has 0 N–H and O–H groups in total. The summed E-state index contributed by atoms with van der Waals surface area (Å²) in [6.07, 6.45) is 1.81.